The maximum absolute atomic E-state index is 12.6. The van der Waals surface area contributed by atoms with Gasteiger partial charge in [0.15, 0.2) is 0 Å². The molecule has 2 fully saturated rings. The number of aliphatic hydroxyl groups is 1. The quantitative estimate of drug-likeness (QED) is 0.596. The SMILES string of the molecule is O=C1CCCC(CCCc2nc[c-]s2)N1c1ccc(C(O)C2CCC2)cc1.[Y]. The molecule has 1 aliphatic heterocycles. The molecule has 2 unspecified atom stereocenters. The average Bonchev–Trinajstić information content (AvgIpc) is 3.14. The van der Waals surface area contributed by atoms with Crippen LogP contribution in [0.5, 0.6) is 0 Å². The van der Waals surface area contributed by atoms with E-state index in [1.165, 1.54) is 6.42 Å². The number of carbonyl (C=O) groups is 1. The Kier molecular flexibility index (Phi) is 8.22. The summed E-state index contributed by atoms with van der Waals surface area (Å²) in [5, 5.41) is 14.6. The van der Waals surface area contributed by atoms with Gasteiger partial charge in [-0.05, 0) is 55.7 Å². The van der Waals surface area contributed by atoms with Gasteiger partial charge in [0, 0.05) is 50.9 Å². The topological polar surface area (TPSA) is 53.4 Å². The van der Waals surface area contributed by atoms with Crippen LogP contribution >= 0.6 is 11.3 Å². The second kappa shape index (κ2) is 10.4. The van der Waals surface area contributed by atoms with Crippen molar-refractivity contribution in [3.63, 3.8) is 0 Å². The molecule has 4 nitrogen and oxygen atoms in total. The number of thiazole rings is 1. The van der Waals surface area contributed by atoms with Crippen molar-refractivity contribution in [2.24, 2.45) is 5.92 Å². The van der Waals surface area contributed by atoms with Gasteiger partial charge in [0.2, 0.25) is 5.91 Å². The monoisotopic (exact) mass is 472 g/mol. The van der Waals surface area contributed by atoms with Crippen molar-refractivity contribution in [3.8, 4) is 0 Å². The minimum Gasteiger partial charge on any atom is -0.388 e. The molecule has 1 amide bonds. The van der Waals surface area contributed by atoms with Crippen LogP contribution in [0.1, 0.15) is 68.0 Å². The standard InChI is InChI=1S/C22H27N2O2S.Y/c25-21-9-3-7-18(6-2-8-20-23-14-15-27-20)24(21)19-12-10-17(11-13-19)22(26)16-4-1-5-16;/h10-14,16,18,22,26H,1-9H2;/q-1;. The molecule has 2 aromatic rings. The van der Waals surface area contributed by atoms with Gasteiger partial charge in [0.25, 0.3) is 0 Å². The van der Waals surface area contributed by atoms with Crippen LogP contribution in [0.2, 0.25) is 0 Å². The first-order valence-corrected chi connectivity index (χ1v) is 10.9. The molecule has 28 heavy (non-hydrogen) atoms. The number of carbonyl (C=O) groups excluding carboxylic acids is 1. The molecular weight excluding hydrogens is 445 g/mol. The number of aromatic nitrogens is 1. The summed E-state index contributed by atoms with van der Waals surface area (Å²) >= 11 is 1.58. The first kappa shape index (κ1) is 22.1. The number of amides is 1. The summed E-state index contributed by atoms with van der Waals surface area (Å²) in [4.78, 5) is 18.9. The average molecular weight is 472 g/mol. The van der Waals surface area contributed by atoms with E-state index in [0.717, 1.165) is 61.2 Å². The minimum absolute atomic E-state index is 0. The van der Waals surface area contributed by atoms with Crippen molar-refractivity contribution < 1.29 is 42.6 Å². The van der Waals surface area contributed by atoms with Crippen molar-refractivity contribution in [1.29, 1.82) is 0 Å². The Labute approximate surface area is 196 Å². The molecule has 0 spiro atoms. The van der Waals surface area contributed by atoms with Crippen molar-refractivity contribution in [1.82, 2.24) is 4.98 Å². The third-order valence-corrected chi connectivity index (χ3v) is 6.81. The normalized spacial score (nSPS) is 21.1. The Bertz CT molecular complexity index is 746. The molecule has 2 aliphatic rings. The summed E-state index contributed by atoms with van der Waals surface area (Å²) in [7, 11) is 0. The number of benzene rings is 1. The van der Waals surface area contributed by atoms with Gasteiger partial charge >= 0.3 is 0 Å². The van der Waals surface area contributed by atoms with Crippen LogP contribution in [0.4, 0.5) is 5.69 Å². The van der Waals surface area contributed by atoms with Gasteiger partial charge in [-0.2, -0.15) is 5.38 Å². The molecule has 1 aliphatic carbocycles. The summed E-state index contributed by atoms with van der Waals surface area (Å²) in [6.45, 7) is 0. The van der Waals surface area contributed by atoms with Crippen LogP contribution < -0.4 is 4.90 Å². The smallest absolute Gasteiger partial charge is 0.227 e. The molecule has 4 rings (SSSR count). The predicted octanol–water partition coefficient (Wildman–Crippen LogP) is 4.68. The number of rotatable bonds is 7. The third-order valence-electron chi connectivity index (χ3n) is 6.04. The van der Waals surface area contributed by atoms with Gasteiger partial charge in [0.05, 0.1) is 6.10 Å². The van der Waals surface area contributed by atoms with Gasteiger partial charge in [-0.3, -0.25) is 4.79 Å². The van der Waals surface area contributed by atoms with Crippen molar-refractivity contribution >= 4 is 22.9 Å². The Balaban J connectivity index is 0.00000225. The fourth-order valence-electron chi connectivity index (χ4n) is 4.25. The molecule has 1 aromatic heterocycles. The minimum atomic E-state index is -0.365. The Morgan fingerprint density at radius 1 is 1.21 bits per heavy atom. The van der Waals surface area contributed by atoms with Gasteiger partial charge in [-0.1, -0.05) is 42.6 Å². The summed E-state index contributed by atoms with van der Waals surface area (Å²) < 4.78 is 0. The number of piperidine rings is 1. The molecule has 1 saturated heterocycles. The van der Waals surface area contributed by atoms with Crippen LogP contribution in [-0.4, -0.2) is 22.0 Å². The molecule has 147 valence electrons. The summed E-state index contributed by atoms with van der Waals surface area (Å²) in [5.41, 5.74) is 1.95. The number of aryl methyl sites for hydroxylation is 1. The van der Waals surface area contributed by atoms with E-state index < -0.39 is 0 Å². The van der Waals surface area contributed by atoms with E-state index in [-0.39, 0.29) is 50.8 Å². The van der Waals surface area contributed by atoms with Crippen LogP contribution in [0.3, 0.4) is 0 Å². The number of nitrogens with zero attached hydrogens (tertiary/aromatic N) is 2. The molecule has 1 aromatic carbocycles. The largest absolute Gasteiger partial charge is 0.388 e. The predicted molar refractivity (Wildman–Crippen MR) is 108 cm³/mol. The van der Waals surface area contributed by atoms with E-state index in [1.54, 1.807) is 17.5 Å². The van der Waals surface area contributed by atoms with Crippen LogP contribution in [0, 0.1) is 11.3 Å². The maximum atomic E-state index is 12.6. The molecule has 6 heteroatoms. The number of aliphatic hydroxyl groups excluding tert-OH is 1. The van der Waals surface area contributed by atoms with Gasteiger partial charge in [0.1, 0.15) is 0 Å². The van der Waals surface area contributed by atoms with E-state index >= 15 is 0 Å². The Morgan fingerprint density at radius 2 is 2.00 bits per heavy atom. The van der Waals surface area contributed by atoms with Crippen molar-refractivity contribution in [3.05, 3.63) is 46.4 Å². The molecule has 1 saturated carbocycles. The molecule has 1 N–H and O–H groups in total. The van der Waals surface area contributed by atoms with E-state index in [4.69, 9.17) is 0 Å². The van der Waals surface area contributed by atoms with Crippen molar-refractivity contribution in [2.45, 2.75) is 69.9 Å². The summed E-state index contributed by atoms with van der Waals surface area (Å²) in [6.07, 6.45) is 10.5. The third kappa shape index (κ3) is 5.10. The molecule has 2 heterocycles. The van der Waals surface area contributed by atoms with E-state index in [2.05, 4.69) is 10.4 Å². The maximum Gasteiger partial charge on any atom is 0.227 e. The first-order chi connectivity index (χ1) is 13.2. The molecule has 1 radical (unpaired) electrons. The number of anilines is 1. The summed E-state index contributed by atoms with van der Waals surface area (Å²) in [5.74, 6) is 0.629. The second-order valence-corrected chi connectivity index (χ2v) is 8.71. The summed E-state index contributed by atoms with van der Waals surface area (Å²) in [6, 6.07) is 8.30. The zero-order chi connectivity index (χ0) is 18.6. The number of hydrogen-bond donors (Lipinski definition) is 1. The Morgan fingerprint density at radius 3 is 2.64 bits per heavy atom. The van der Waals surface area contributed by atoms with E-state index in [9.17, 15) is 9.90 Å². The molecular formula is C22H27N2O2SY-. The fourth-order valence-corrected chi connectivity index (χ4v) is 4.85. The van der Waals surface area contributed by atoms with Gasteiger partial charge in [-0.25, -0.2) is 0 Å². The van der Waals surface area contributed by atoms with Crippen LogP contribution in [0.15, 0.2) is 30.5 Å². The second-order valence-electron chi connectivity index (χ2n) is 7.80. The fraction of sp³-hybridized carbons (Fsp3) is 0.545. The molecule has 0 bridgehead atoms. The van der Waals surface area contributed by atoms with Crippen LogP contribution in [-0.2, 0) is 43.9 Å². The molecule has 2 atom stereocenters. The Hall–Kier alpha value is -0.616. The van der Waals surface area contributed by atoms with Gasteiger partial charge < -0.3 is 26.3 Å². The zero-order valence-electron chi connectivity index (χ0n) is 16.2. The first-order valence-electron chi connectivity index (χ1n) is 10.1. The van der Waals surface area contributed by atoms with E-state index in [1.807, 2.05) is 29.2 Å². The van der Waals surface area contributed by atoms with Crippen molar-refractivity contribution in [2.75, 3.05) is 4.90 Å². The van der Waals surface area contributed by atoms with Gasteiger partial charge in [-0.15, -0.1) is 0 Å². The van der Waals surface area contributed by atoms with E-state index in [0.29, 0.717) is 12.3 Å². The number of hydrogen-bond acceptors (Lipinski definition) is 4. The van der Waals surface area contributed by atoms with Crippen LogP contribution in [0.25, 0.3) is 0 Å². The zero-order valence-corrected chi connectivity index (χ0v) is 19.9.